The van der Waals surface area contributed by atoms with Gasteiger partial charge in [-0.15, -0.1) is 0 Å². The average Bonchev–Trinajstić information content (AvgIpc) is 2.97. The van der Waals surface area contributed by atoms with Gasteiger partial charge in [-0.05, 0) is 24.6 Å². The van der Waals surface area contributed by atoms with Crippen molar-refractivity contribution in [2.75, 3.05) is 13.1 Å². The van der Waals surface area contributed by atoms with Crippen molar-refractivity contribution in [3.8, 4) is 5.69 Å². The van der Waals surface area contributed by atoms with Crippen LogP contribution in [-0.4, -0.2) is 44.8 Å². The average molecular weight is 301 g/mol. The minimum atomic E-state index is -0.900. The Morgan fingerprint density at radius 1 is 1.27 bits per heavy atom. The maximum Gasteiger partial charge on any atom is 0.305 e. The molecule has 0 aliphatic rings. The molecule has 0 fully saturated rings. The Kier molecular flexibility index (Phi) is 5.30. The fourth-order valence-electron chi connectivity index (χ4n) is 2.15. The van der Waals surface area contributed by atoms with Crippen molar-refractivity contribution in [2.45, 2.75) is 19.8 Å². The van der Waals surface area contributed by atoms with Crippen LogP contribution in [0.3, 0.4) is 0 Å². The van der Waals surface area contributed by atoms with Gasteiger partial charge in [0, 0.05) is 19.3 Å². The Labute approximate surface area is 129 Å². The van der Waals surface area contributed by atoms with Gasteiger partial charge in [0.25, 0.3) is 0 Å². The second kappa shape index (κ2) is 7.40. The summed E-state index contributed by atoms with van der Waals surface area (Å²) in [5, 5.41) is 13.0. The standard InChI is InChI=1S/C16H19N3O3/c1-2-18(9-8-16(21)22)15(20)10-13-11-17-19(12-13)14-6-4-3-5-7-14/h3-7,11-12H,2,8-10H2,1H3,(H,21,22). The van der Waals surface area contributed by atoms with Crippen molar-refractivity contribution in [1.29, 1.82) is 0 Å². The summed E-state index contributed by atoms with van der Waals surface area (Å²) in [5.41, 5.74) is 1.74. The Morgan fingerprint density at radius 2 is 2.00 bits per heavy atom. The largest absolute Gasteiger partial charge is 0.481 e. The second-order valence-corrected chi connectivity index (χ2v) is 4.92. The molecule has 0 radical (unpaired) electrons. The summed E-state index contributed by atoms with van der Waals surface area (Å²) in [4.78, 5) is 24.4. The van der Waals surface area contributed by atoms with Crippen LogP contribution in [0.4, 0.5) is 0 Å². The summed E-state index contributed by atoms with van der Waals surface area (Å²) in [6.07, 6.45) is 3.66. The molecule has 6 heteroatoms. The number of hydrogen-bond acceptors (Lipinski definition) is 3. The molecule has 1 heterocycles. The number of aliphatic carboxylic acids is 1. The van der Waals surface area contributed by atoms with E-state index in [1.165, 1.54) is 0 Å². The van der Waals surface area contributed by atoms with Crippen molar-refractivity contribution in [1.82, 2.24) is 14.7 Å². The fraction of sp³-hybridized carbons (Fsp3) is 0.312. The van der Waals surface area contributed by atoms with E-state index in [0.717, 1.165) is 11.3 Å². The Bertz CT molecular complexity index is 637. The second-order valence-electron chi connectivity index (χ2n) is 4.92. The Balaban J connectivity index is 1.99. The first-order valence-corrected chi connectivity index (χ1v) is 7.18. The lowest BCUT2D eigenvalue weighted by atomic mass is 10.2. The first-order chi connectivity index (χ1) is 10.6. The van der Waals surface area contributed by atoms with Gasteiger partial charge in [0.2, 0.25) is 5.91 Å². The van der Waals surface area contributed by atoms with Crippen LogP contribution in [0, 0.1) is 0 Å². The lowest BCUT2D eigenvalue weighted by Gasteiger charge is -2.19. The zero-order valence-electron chi connectivity index (χ0n) is 12.5. The highest BCUT2D eigenvalue weighted by atomic mass is 16.4. The number of carboxylic acids is 1. The number of benzene rings is 1. The molecular formula is C16H19N3O3. The summed E-state index contributed by atoms with van der Waals surface area (Å²) >= 11 is 0. The topological polar surface area (TPSA) is 75.4 Å². The van der Waals surface area contributed by atoms with E-state index >= 15 is 0 Å². The van der Waals surface area contributed by atoms with Gasteiger partial charge in [0.15, 0.2) is 0 Å². The molecule has 22 heavy (non-hydrogen) atoms. The van der Waals surface area contributed by atoms with Crippen molar-refractivity contribution in [2.24, 2.45) is 0 Å². The molecule has 2 rings (SSSR count). The van der Waals surface area contributed by atoms with Crippen molar-refractivity contribution >= 4 is 11.9 Å². The molecule has 0 unspecified atom stereocenters. The highest BCUT2D eigenvalue weighted by Crippen LogP contribution is 2.09. The number of amides is 1. The van der Waals surface area contributed by atoms with Gasteiger partial charge in [-0.3, -0.25) is 9.59 Å². The molecule has 0 aliphatic heterocycles. The van der Waals surface area contributed by atoms with Crippen molar-refractivity contribution in [3.63, 3.8) is 0 Å². The molecule has 0 bridgehead atoms. The molecule has 0 aliphatic carbocycles. The zero-order valence-corrected chi connectivity index (χ0v) is 12.5. The predicted molar refractivity (Wildman–Crippen MR) is 81.8 cm³/mol. The lowest BCUT2D eigenvalue weighted by Crippen LogP contribution is -2.33. The number of carbonyl (C=O) groups is 2. The number of carboxylic acid groups (broad SMARTS) is 1. The van der Waals surface area contributed by atoms with Crippen LogP contribution in [-0.2, 0) is 16.0 Å². The van der Waals surface area contributed by atoms with Gasteiger partial charge in [-0.1, -0.05) is 18.2 Å². The van der Waals surface area contributed by atoms with E-state index in [0.29, 0.717) is 6.54 Å². The molecule has 2 aromatic rings. The number of aromatic nitrogens is 2. The minimum absolute atomic E-state index is 0.0388. The van der Waals surface area contributed by atoms with E-state index in [9.17, 15) is 9.59 Å². The third kappa shape index (κ3) is 4.18. The molecular weight excluding hydrogens is 282 g/mol. The fourth-order valence-corrected chi connectivity index (χ4v) is 2.15. The number of carbonyl (C=O) groups excluding carboxylic acids is 1. The van der Waals surface area contributed by atoms with Gasteiger partial charge in [-0.2, -0.15) is 5.10 Å². The van der Waals surface area contributed by atoms with Gasteiger partial charge >= 0.3 is 5.97 Å². The molecule has 116 valence electrons. The van der Waals surface area contributed by atoms with Crippen molar-refractivity contribution < 1.29 is 14.7 Å². The first-order valence-electron chi connectivity index (χ1n) is 7.18. The van der Waals surface area contributed by atoms with E-state index in [1.54, 1.807) is 15.8 Å². The number of para-hydroxylation sites is 1. The van der Waals surface area contributed by atoms with Crippen LogP contribution in [0.25, 0.3) is 5.69 Å². The normalized spacial score (nSPS) is 10.4. The minimum Gasteiger partial charge on any atom is -0.481 e. The van der Waals surface area contributed by atoms with Crippen LogP contribution >= 0.6 is 0 Å². The quantitative estimate of drug-likeness (QED) is 0.845. The molecule has 1 N–H and O–H groups in total. The summed E-state index contributed by atoms with van der Waals surface area (Å²) in [7, 11) is 0. The zero-order chi connectivity index (χ0) is 15.9. The van der Waals surface area contributed by atoms with E-state index < -0.39 is 5.97 Å². The van der Waals surface area contributed by atoms with Gasteiger partial charge in [0.1, 0.15) is 0 Å². The number of nitrogens with zero attached hydrogens (tertiary/aromatic N) is 3. The third-order valence-electron chi connectivity index (χ3n) is 3.34. The van der Waals surface area contributed by atoms with E-state index in [2.05, 4.69) is 5.10 Å². The molecule has 0 spiro atoms. The Morgan fingerprint density at radius 3 is 2.64 bits per heavy atom. The van der Waals surface area contributed by atoms with Gasteiger partial charge < -0.3 is 10.0 Å². The molecule has 0 saturated carbocycles. The number of hydrogen-bond donors (Lipinski definition) is 1. The van der Waals surface area contributed by atoms with E-state index in [1.807, 2.05) is 43.5 Å². The molecule has 6 nitrogen and oxygen atoms in total. The van der Waals surface area contributed by atoms with E-state index in [4.69, 9.17) is 5.11 Å². The highest BCUT2D eigenvalue weighted by Gasteiger charge is 2.14. The molecule has 0 atom stereocenters. The first kappa shape index (κ1) is 15.8. The van der Waals surface area contributed by atoms with Crippen LogP contribution in [0.5, 0.6) is 0 Å². The smallest absolute Gasteiger partial charge is 0.305 e. The van der Waals surface area contributed by atoms with Crippen LogP contribution in [0.15, 0.2) is 42.7 Å². The maximum absolute atomic E-state index is 12.2. The highest BCUT2D eigenvalue weighted by molar-refractivity contribution is 5.79. The molecule has 1 aromatic carbocycles. The molecule has 1 amide bonds. The molecule has 0 saturated heterocycles. The number of rotatable bonds is 7. The third-order valence-corrected chi connectivity index (χ3v) is 3.34. The summed E-state index contributed by atoms with van der Waals surface area (Å²) in [6.45, 7) is 2.57. The summed E-state index contributed by atoms with van der Waals surface area (Å²) in [6, 6.07) is 9.64. The van der Waals surface area contributed by atoms with Crippen molar-refractivity contribution in [3.05, 3.63) is 48.3 Å². The monoisotopic (exact) mass is 301 g/mol. The van der Waals surface area contributed by atoms with Crippen LogP contribution in [0.1, 0.15) is 18.9 Å². The van der Waals surface area contributed by atoms with Gasteiger partial charge in [0.05, 0.1) is 24.7 Å². The van der Waals surface area contributed by atoms with Gasteiger partial charge in [-0.25, -0.2) is 4.68 Å². The summed E-state index contributed by atoms with van der Waals surface area (Å²) < 4.78 is 1.72. The summed E-state index contributed by atoms with van der Waals surface area (Å²) in [5.74, 6) is -0.987. The van der Waals surface area contributed by atoms with Crippen LogP contribution < -0.4 is 0 Å². The predicted octanol–water partition coefficient (Wildman–Crippen LogP) is 1.74. The maximum atomic E-state index is 12.2. The molecule has 1 aromatic heterocycles. The SMILES string of the molecule is CCN(CCC(=O)O)C(=O)Cc1cnn(-c2ccccc2)c1. The Hall–Kier alpha value is -2.63. The van der Waals surface area contributed by atoms with E-state index in [-0.39, 0.29) is 25.3 Å². The number of likely N-dealkylation sites (N-methyl/N-ethyl adjacent to an activating group) is 1. The lowest BCUT2D eigenvalue weighted by molar-refractivity contribution is -0.138. The van der Waals surface area contributed by atoms with Crippen LogP contribution in [0.2, 0.25) is 0 Å².